The zero-order valence-electron chi connectivity index (χ0n) is 16.9. The Morgan fingerprint density at radius 2 is 1.86 bits per heavy atom. The Bertz CT molecular complexity index is 838. The summed E-state index contributed by atoms with van der Waals surface area (Å²) < 4.78 is 10.7. The summed E-state index contributed by atoms with van der Waals surface area (Å²) in [6, 6.07) is 12.3. The molecule has 0 saturated heterocycles. The van der Waals surface area contributed by atoms with E-state index in [4.69, 9.17) is 9.47 Å². The maximum atomic E-state index is 12.7. The Kier molecular flexibility index (Phi) is 7.26. The molecule has 0 bridgehead atoms. The van der Waals surface area contributed by atoms with Crippen molar-refractivity contribution in [2.75, 3.05) is 33.6 Å². The molecule has 28 heavy (non-hydrogen) atoms. The molecular weight excluding hydrogens is 358 g/mol. The smallest absolute Gasteiger partial charge is 0.322 e. The van der Waals surface area contributed by atoms with E-state index in [2.05, 4.69) is 10.6 Å². The van der Waals surface area contributed by atoms with Crippen LogP contribution in [0.3, 0.4) is 0 Å². The van der Waals surface area contributed by atoms with E-state index < -0.39 is 0 Å². The highest BCUT2D eigenvalue weighted by Gasteiger charge is 2.21. The van der Waals surface area contributed by atoms with Crippen LogP contribution in [-0.2, 0) is 11.2 Å². The van der Waals surface area contributed by atoms with E-state index in [0.29, 0.717) is 17.2 Å². The van der Waals surface area contributed by atoms with Gasteiger partial charge in [0.15, 0.2) is 0 Å². The minimum Gasteiger partial charge on any atom is -0.497 e. The summed E-state index contributed by atoms with van der Waals surface area (Å²) in [6.07, 6.45) is 0.259. The lowest BCUT2D eigenvalue weighted by atomic mass is 10.1. The average Bonchev–Trinajstić information content (AvgIpc) is 2.72. The number of hydrogen-bond donors (Lipinski definition) is 2. The number of hydrogen-bond acceptors (Lipinski definition) is 4. The van der Waals surface area contributed by atoms with Gasteiger partial charge in [0.1, 0.15) is 11.5 Å². The van der Waals surface area contributed by atoms with Crippen molar-refractivity contribution in [1.29, 1.82) is 0 Å². The first-order chi connectivity index (χ1) is 13.4. The van der Waals surface area contributed by atoms with Crippen LogP contribution in [0.2, 0.25) is 0 Å². The predicted octanol–water partition coefficient (Wildman–Crippen LogP) is 3.22. The summed E-state index contributed by atoms with van der Waals surface area (Å²) in [4.78, 5) is 25.9. The van der Waals surface area contributed by atoms with E-state index >= 15 is 0 Å². The Hall–Kier alpha value is -3.22. The molecule has 7 nitrogen and oxygen atoms in total. The molecule has 2 rings (SSSR count). The lowest BCUT2D eigenvalue weighted by Crippen LogP contribution is -2.33. The summed E-state index contributed by atoms with van der Waals surface area (Å²) in [7, 11) is 6.49. The first-order valence-corrected chi connectivity index (χ1v) is 8.94. The summed E-state index contributed by atoms with van der Waals surface area (Å²) in [5.41, 5.74) is 2.33. The molecule has 7 heteroatoms. The van der Waals surface area contributed by atoms with Crippen LogP contribution >= 0.6 is 0 Å². The second-order valence-corrected chi connectivity index (χ2v) is 6.38. The summed E-state index contributed by atoms with van der Waals surface area (Å²) in [5, 5.41) is 5.46. The number of carbonyl (C=O) groups is 2. The van der Waals surface area contributed by atoms with Crippen LogP contribution in [0.15, 0.2) is 42.5 Å². The first-order valence-electron chi connectivity index (χ1n) is 8.94. The third-order valence-electron chi connectivity index (χ3n) is 4.61. The predicted molar refractivity (Wildman–Crippen MR) is 109 cm³/mol. The van der Waals surface area contributed by atoms with E-state index in [-0.39, 0.29) is 24.4 Å². The maximum Gasteiger partial charge on any atom is 0.322 e. The lowest BCUT2D eigenvalue weighted by Gasteiger charge is -2.27. The van der Waals surface area contributed by atoms with Crippen molar-refractivity contribution in [3.05, 3.63) is 53.6 Å². The highest BCUT2D eigenvalue weighted by Crippen LogP contribution is 2.32. The number of methoxy groups -OCH3 is 2. The standard InChI is InChI=1S/C21H27N3O4/c1-14(18-10-9-17(27-4)13-19(18)28-5)24(3)21(26)23-16-8-6-7-15(11-16)12-20(25)22-2/h6-11,13-14H,12H2,1-5H3,(H,22,25)(H,23,26). The van der Waals surface area contributed by atoms with Crippen LogP contribution in [0.25, 0.3) is 0 Å². The number of urea groups is 1. The number of carbonyl (C=O) groups excluding carboxylic acids is 2. The number of ether oxygens (including phenoxy) is 2. The number of benzene rings is 2. The van der Waals surface area contributed by atoms with E-state index in [1.807, 2.05) is 31.2 Å². The fourth-order valence-corrected chi connectivity index (χ4v) is 2.79. The van der Waals surface area contributed by atoms with Gasteiger partial charge in [0.2, 0.25) is 5.91 Å². The van der Waals surface area contributed by atoms with Crippen molar-refractivity contribution in [3.8, 4) is 11.5 Å². The number of nitrogens with zero attached hydrogens (tertiary/aromatic N) is 1. The minimum atomic E-state index is -0.262. The van der Waals surface area contributed by atoms with Crippen molar-refractivity contribution in [2.45, 2.75) is 19.4 Å². The molecule has 2 N–H and O–H groups in total. The number of amides is 3. The van der Waals surface area contributed by atoms with Gasteiger partial charge in [0.25, 0.3) is 0 Å². The summed E-state index contributed by atoms with van der Waals surface area (Å²) >= 11 is 0. The molecule has 0 spiro atoms. The van der Waals surface area contributed by atoms with Crippen LogP contribution in [0.5, 0.6) is 11.5 Å². The molecule has 150 valence electrons. The van der Waals surface area contributed by atoms with Gasteiger partial charge in [0.05, 0.1) is 26.7 Å². The molecule has 1 atom stereocenters. The van der Waals surface area contributed by atoms with Crippen molar-refractivity contribution in [1.82, 2.24) is 10.2 Å². The van der Waals surface area contributed by atoms with E-state index in [0.717, 1.165) is 11.1 Å². The van der Waals surface area contributed by atoms with Crippen LogP contribution in [0, 0.1) is 0 Å². The molecule has 0 aromatic heterocycles. The van der Waals surface area contributed by atoms with Gasteiger partial charge in [-0.1, -0.05) is 12.1 Å². The second-order valence-electron chi connectivity index (χ2n) is 6.38. The van der Waals surface area contributed by atoms with Gasteiger partial charge >= 0.3 is 6.03 Å². The molecule has 0 heterocycles. The van der Waals surface area contributed by atoms with Gasteiger partial charge < -0.3 is 25.0 Å². The normalized spacial score (nSPS) is 11.3. The molecule has 0 aliphatic rings. The third-order valence-corrected chi connectivity index (χ3v) is 4.61. The monoisotopic (exact) mass is 385 g/mol. The molecule has 0 aliphatic heterocycles. The van der Waals surface area contributed by atoms with Gasteiger partial charge in [-0.15, -0.1) is 0 Å². The number of nitrogens with one attached hydrogen (secondary N) is 2. The molecule has 2 aromatic rings. The SMILES string of the molecule is CNC(=O)Cc1cccc(NC(=O)N(C)C(C)c2ccc(OC)cc2OC)c1. The Morgan fingerprint density at radius 3 is 2.50 bits per heavy atom. The highest BCUT2D eigenvalue weighted by atomic mass is 16.5. The molecular formula is C21H27N3O4. The number of likely N-dealkylation sites (N-methyl/N-ethyl adjacent to an activating group) is 1. The number of rotatable bonds is 7. The van der Waals surface area contributed by atoms with Crippen LogP contribution < -0.4 is 20.1 Å². The van der Waals surface area contributed by atoms with Gasteiger partial charge in [-0.05, 0) is 36.8 Å². The zero-order chi connectivity index (χ0) is 20.7. The Labute approximate surface area is 165 Å². The minimum absolute atomic E-state index is 0.0826. The molecule has 0 radical (unpaired) electrons. The summed E-state index contributed by atoms with van der Waals surface area (Å²) in [5.74, 6) is 1.26. The van der Waals surface area contributed by atoms with E-state index in [1.54, 1.807) is 51.4 Å². The quantitative estimate of drug-likeness (QED) is 0.767. The van der Waals surface area contributed by atoms with Crippen molar-refractivity contribution >= 4 is 17.6 Å². The lowest BCUT2D eigenvalue weighted by molar-refractivity contribution is -0.119. The molecule has 2 aromatic carbocycles. The second kappa shape index (κ2) is 9.64. The molecule has 0 saturated carbocycles. The zero-order valence-corrected chi connectivity index (χ0v) is 16.9. The Balaban J connectivity index is 2.12. The average molecular weight is 385 g/mol. The van der Waals surface area contributed by atoms with Crippen molar-refractivity contribution in [2.24, 2.45) is 0 Å². The fourth-order valence-electron chi connectivity index (χ4n) is 2.79. The fraction of sp³-hybridized carbons (Fsp3) is 0.333. The topological polar surface area (TPSA) is 79.9 Å². The molecule has 3 amide bonds. The Morgan fingerprint density at radius 1 is 1.11 bits per heavy atom. The third kappa shape index (κ3) is 5.16. The summed E-state index contributed by atoms with van der Waals surface area (Å²) in [6.45, 7) is 1.92. The van der Waals surface area contributed by atoms with Crippen LogP contribution in [-0.4, -0.2) is 45.2 Å². The number of anilines is 1. The molecule has 0 aliphatic carbocycles. The highest BCUT2D eigenvalue weighted by molar-refractivity contribution is 5.89. The maximum absolute atomic E-state index is 12.7. The first kappa shape index (κ1) is 21.1. The van der Waals surface area contributed by atoms with Crippen molar-refractivity contribution in [3.63, 3.8) is 0 Å². The van der Waals surface area contributed by atoms with Crippen molar-refractivity contribution < 1.29 is 19.1 Å². The van der Waals surface area contributed by atoms with Gasteiger partial charge in [0, 0.05) is 31.4 Å². The van der Waals surface area contributed by atoms with E-state index in [1.165, 1.54) is 0 Å². The van der Waals surface area contributed by atoms with Gasteiger partial charge in [-0.25, -0.2) is 4.79 Å². The van der Waals surface area contributed by atoms with E-state index in [9.17, 15) is 9.59 Å². The van der Waals surface area contributed by atoms with Crippen LogP contribution in [0.1, 0.15) is 24.1 Å². The molecule has 1 unspecified atom stereocenters. The largest absolute Gasteiger partial charge is 0.497 e. The van der Waals surface area contributed by atoms with Crippen LogP contribution in [0.4, 0.5) is 10.5 Å². The molecule has 0 fully saturated rings. The van der Waals surface area contributed by atoms with Gasteiger partial charge in [-0.3, -0.25) is 4.79 Å². The van der Waals surface area contributed by atoms with Gasteiger partial charge in [-0.2, -0.15) is 0 Å².